The van der Waals surface area contributed by atoms with Crippen LogP contribution in [0.5, 0.6) is 0 Å². The van der Waals surface area contributed by atoms with Crippen molar-refractivity contribution >= 4 is 17.7 Å². The highest BCUT2D eigenvalue weighted by Crippen LogP contribution is 2.42. The van der Waals surface area contributed by atoms with Crippen molar-refractivity contribution in [3.8, 4) is 0 Å². The number of nitrogens with zero attached hydrogens (tertiary/aromatic N) is 2. The van der Waals surface area contributed by atoms with Crippen LogP contribution in [-0.2, 0) is 0 Å². The highest BCUT2D eigenvalue weighted by molar-refractivity contribution is 8.00. The first kappa shape index (κ1) is 13.1. The second kappa shape index (κ2) is 5.98. The summed E-state index contributed by atoms with van der Waals surface area (Å²) in [5.74, 6) is 2.35. The first-order chi connectivity index (χ1) is 8.29. The van der Waals surface area contributed by atoms with Crippen molar-refractivity contribution in [1.29, 1.82) is 0 Å². The van der Waals surface area contributed by atoms with E-state index in [0.717, 1.165) is 19.0 Å². The molecule has 0 unspecified atom stereocenters. The van der Waals surface area contributed by atoms with Crippen LogP contribution < -0.4 is 5.32 Å². The maximum absolute atomic E-state index is 4.40. The molecule has 1 saturated carbocycles. The van der Waals surface area contributed by atoms with E-state index in [0.29, 0.717) is 4.75 Å². The molecule has 0 aromatic heterocycles. The first-order valence-corrected chi connectivity index (χ1v) is 7.88. The van der Waals surface area contributed by atoms with Crippen LogP contribution in [0, 0.1) is 0 Å². The maximum atomic E-state index is 4.40. The van der Waals surface area contributed by atoms with Gasteiger partial charge in [0.15, 0.2) is 5.96 Å². The lowest BCUT2D eigenvalue weighted by Crippen LogP contribution is -2.53. The van der Waals surface area contributed by atoms with Crippen LogP contribution in [-0.4, -0.2) is 48.0 Å². The fourth-order valence-corrected chi connectivity index (χ4v) is 4.58. The van der Waals surface area contributed by atoms with Gasteiger partial charge in [0, 0.05) is 37.2 Å². The van der Waals surface area contributed by atoms with Gasteiger partial charge in [-0.15, -0.1) is 0 Å². The van der Waals surface area contributed by atoms with Crippen molar-refractivity contribution in [3.05, 3.63) is 0 Å². The first-order valence-electron chi connectivity index (χ1n) is 6.89. The molecule has 1 saturated heterocycles. The molecule has 98 valence electrons. The Balaban J connectivity index is 2.00. The van der Waals surface area contributed by atoms with E-state index in [9.17, 15) is 0 Å². The van der Waals surface area contributed by atoms with Crippen molar-refractivity contribution in [1.82, 2.24) is 10.2 Å². The number of rotatable bonds is 1. The number of hydrogen-bond acceptors (Lipinski definition) is 2. The summed E-state index contributed by atoms with van der Waals surface area (Å²) in [5.41, 5.74) is 0. The van der Waals surface area contributed by atoms with Crippen LogP contribution in [0.3, 0.4) is 0 Å². The third kappa shape index (κ3) is 3.09. The summed E-state index contributed by atoms with van der Waals surface area (Å²) in [6, 6.07) is 0. The molecule has 0 aromatic rings. The minimum atomic E-state index is 0.530. The van der Waals surface area contributed by atoms with E-state index >= 15 is 0 Å². The van der Waals surface area contributed by atoms with Gasteiger partial charge in [-0.25, -0.2) is 0 Å². The zero-order valence-electron chi connectivity index (χ0n) is 11.2. The van der Waals surface area contributed by atoms with Gasteiger partial charge in [0.25, 0.3) is 0 Å². The molecule has 2 rings (SSSR count). The normalized spacial score (nSPS) is 25.1. The monoisotopic (exact) mass is 255 g/mol. The van der Waals surface area contributed by atoms with E-state index in [1.807, 2.05) is 7.05 Å². The van der Waals surface area contributed by atoms with E-state index in [4.69, 9.17) is 0 Å². The molecule has 1 aliphatic heterocycles. The van der Waals surface area contributed by atoms with E-state index in [1.165, 1.54) is 44.4 Å². The van der Waals surface area contributed by atoms with Crippen molar-refractivity contribution in [3.63, 3.8) is 0 Å². The van der Waals surface area contributed by atoms with Gasteiger partial charge >= 0.3 is 0 Å². The molecule has 1 heterocycles. The summed E-state index contributed by atoms with van der Waals surface area (Å²) in [4.78, 5) is 6.87. The summed E-state index contributed by atoms with van der Waals surface area (Å²) >= 11 is 2.21. The Morgan fingerprint density at radius 1 is 1.35 bits per heavy atom. The van der Waals surface area contributed by atoms with Gasteiger partial charge in [0.2, 0.25) is 0 Å². The summed E-state index contributed by atoms with van der Waals surface area (Å²) in [5, 5.41) is 3.39. The Bertz CT molecular complexity index is 266. The predicted octanol–water partition coefficient (Wildman–Crippen LogP) is 2.33. The predicted molar refractivity (Wildman–Crippen MR) is 76.9 cm³/mol. The number of hydrogen-bond donors (Lipinski definition) is 1. The van der Waals surface area contributed by atoms with Crippen molar-refractivity contribution in [2.45, 2.75) is 43.8 Å². The molecule has 4 heteroatoms. The minimum Gasteiger partial charge on any atom is -0.357 e. The Hall–Kier alpha value is -0.380. The van der Waals surface area contributed by atoms with Crippen molar-refractivity contribution < 1.29 is 0 Å². The highest BCUT2D eigenvalue weighted by Gasteiger charge is 2.37. The standard InChI is InChI=1S/C13H25N3S/c1-3-15-12(14-2)16-9-10-17-13(11-16)7-5-4-6-8-13/h3-11H2,1-2H3,(H,14,15). The Labute approximate surface area is 109 Å². The van der Waals surface area contributed by atoms with Crippen molar-refractivity contribution in [2.24, 2.45) is 4.99 Å². The second-order valence-electron chi connectivity index (χ2n) is 5.09. The van der Waals surface area contributed by atoms with E-state index in [-0.39, 0.29) is 0 Å². The largest absolute Gasteiger partial charge is 0.357 e. The van der Waals surface area contributed by atoms with Gasteiger partial charge in [-0.2, -0.15) is 11.8 Å². The lowest BCUT2D eigenvalue weighted by atomic mass is 9.87. The van der Waals surface area contributed by atoms with Gasteiger partial charge in [-0.05, 0) is 19.8 Å². The average molecular weight is 255 g/mol. The van der Waals surface area contributed by atoms with Crippen LogP contribution in [0.2, 0.25) is 0 Å². The molecule has 0 bridgehead atoms. The van der Waals surface area contributed by atoms with Gasteiger partial charge in [0.1, 0.15) is 0 Å². The van der Waals surface area contributed by atoms with Crippen LogP contribution in [0.4, 0.5) is 0 Å². The Morgan fingerprint density at radius 2 is 2.12 bits per heavy atom. The van der Waals surface area contributed by atoms with E-state index < -0.39 is 0 Å². The minimum absolute atomic E-state index is 0.530. The molecule has 1 N–H and O–H groups in total. The number of nitrogens with one attached hydrogen (secondary N) is 1. The summed E-state index contributed by atoms with van der Waals surface area (Å²) < 4.78 is 0.530. The SMILES string of the molecule is CCNC(=NC)N1CCSC2(CCCCC2)C1. The molecular formula is C13H25N3S. The van der Waals surface area contributed by atoms with Crippen molar-refractivity contribution in [2.75, 3.05) is 32.4 Å². The third-order valence-corrected chi connectivity index (χ3v) is 5.40. The lowest BCUT2D eigenvalue weighted by molar-refractivity contribution is 0.293. The highest BCUT2D eigenvalue weighted by atomic mass is 32.2. The maximum Gasteiger partial charge on any atom is 0.193 e. The molecule has 0 atom stereocenters. The molecule has 0 aromatic carbocycles. The molecule has 0 radical (unpaired) electrons. The smallest absolute Gasteiger partial charge is 0.193 e. The van der Waals surface area contributed by atoms with Gasteiger partial charge in [0.05, 0.1) is 0 Å². The Morgan fingerprint density at radius 3 is 2.76 bits per heavy atom. The zero-order chi connectivity index (χ0) is 12.1. The molecule has 1 aliphatic carbocycles. The molecule has 1 spiro atoms. The fourth-order valence-electron chi connectivity index (χ4n) is 3.01. The fraction of sp³-hybridized carbons (Fsp3) is 0.923. The van der Waals surface area contributed by atoms with Gasteiger partial charge < -0.3 is 10.2 Å². The number of thioether (sulfide) groups is 1. The van der Waals surface area contributed by atoms with E-state index in [2.05, 4.69) is 33.9 Å². The summed E-state index contributed by atoms with van der Waals surface area (Å²) in [7, 11) is 1.90. The van der Waals surface area contributed by atoms with E-state index in [1.54, 1.807) is 0 Å². The summed E-state index contributed by atoms with van der Waals surface area (Å²) in [6.45, 7) is 5.44. The molecule has 2 aliphatic rings. The molecule has 3 nitrogen and oxygen atoms in total. The second-order valence-corrected chi connectivity index (χ2v) is 6.65. The quantitative estimate of drug-likeness (QED) is 0.576. The molecule has 0 amide bonds. The van der Waals surface area contributed by atoms with Crippen LogP contribution in [0.15, 0.2) is 4.99 Å². The number of guanidine groups is 1. The van der Waals surface area contributed by atoms with Crippen LogP contribution in [0.1, 0.15) is 39.0 Å². The average Bonchev–Trinajstić information content (AvgIpc) is 2.37. The number of aliphatic imine (C=N–C) groups is 1. The van der Waals surface area contributed by atoms with Gasteiger partial charge in [-0.1, -0.05) is 19.3 Å². The van der Waals surface area contributed by atoms with Gasteiger partial charge in [-0.3, -0.25) is 4.99 Å². The molecule has 17 heavy (non-hydrogen) atoms. The Kier molecular flexibility index (Phi) is 4.60. The third-order valence-electron chi connectivity index (χ3n) is 3.86. The molecular weight excluding hydrogens is 230 g/mol. The lowest BCUT2D eigenvalue weighted by Gasteiger charge is -2.45. The molecule has 2 fully saturated rings. The topological polar surface area (TPSA) is 27.6 Å². The van der Waals surface area contributed by atoms with Crippen LogP contribution >= 0.6 is 11.8 Å². The van der Waals surface area contributed by atoms with Crippen LogP contribution in [0.25, 0.3) is 0 Å². The summed E-state index contributed by atoms with van der Waals surface area (Å²) in [6.07, 6.45) is 7.07. The zero-order valence-corrected chi connectivity index (χ0v) is 12.0.